The summed E-state index contributed by atoms with van der Waals surface area (Å²) in [6.07, 6.45) is 0. The highest BCUT2D eigenvalue weighted by Gasteiger charge is 2.40. The summed E-state index contributed by atoms with van der Waals surface area (Å²) < 4.78 is 26.5. The summed E-state index contributed by atoms with van der Waals surface area (Å²) in [5.74, 6) is -6.04. The van der Waals surface area contributed by atoms with E-state index in [2.05, 4.69) is 0 Å². The maximum absolute atomic E-state index is 13.3. The van der Waals surface area contributed by atoms with Crippen molar-refractivity contribution in [2.24, 2.45) is 0 Å². The molecule has 0 atom stereocenters. The number of hydrogen-bond acceptors (Lipinski definition) is 1. The normalized spacial score (nSPS) is 11.7. The standard InChI is InChI=1S/C12H7ClF2O2/c13-10-4-2-7-5-9(3-1-8(7)6-10)12(14,15)11(16)17/h1-6H,(H,16,17). The number of carboxylic acids is 1. The van der Waals surface area contributed by atoms with Crippen LogP contribution < -0.4 is 0 Å². The largest absolute Gasteiger partial charge is 0.477 e. The van der Waals surface area contributed by atoms with Crippen molar-refractivity contribution in [3.8, 4) is 0 Å². The molecule has 1 N–H and O–H groups in total. The number of carbonyl (C=O) groups is 1. The second kappa shape index (κ2) is 3.96. The van der Waals surface area contributed by atoms with Gasteiger partial charge in [-0.3, -0.25) is 0 Å². The molecule has 0 saturated carbocycles. The van der Waals surface area contributed by atoms with Gasteiger partial charge in [-0.2, -0.15) is 8.78 Å². The lowest BCUT2D eigenvalue weighted by Crippen LogP contribution is -2.25. The van der Waals surface area contributed by atoms with Crippen LogP contribution in [-0.2, 0) is 10.7 Å². The van der Waals surface area contributed by atoms with Crippen molar-refractivity contribution in [3.63, 3.8) is 0 Å². The molecule has 2 aromatic carbocycles. The van der Waals surface area contributed by atoms with Gasteiger partial charge >= 0.3 is 11.9 Å². The lowest BCUT2D eigenvalue weighted by molar-refractivity contribution is -0.166. The van der Waals surface area contributed by atoms with Gasteiger partial charge in [-0.15, -0.1) is 0 Å². The van der Waals surface area contributed by atoms with Gasteiger partial charge in [-0.1, -0.05) is 29.8 Å². The molecule has 0 unspecified atom stereocenters. The first-order chi connectivity index (χ1) is 7.91. The number of hydrogen-bond donors (Lipinski definition) is 1. The Morgan fingerprint density at radius 1 is 1.12 bits per heavy atom. The van der Waals surface area contributed by atoms with Crippen molar-refractivity contribution in [1.29, 1.82) is 0 Å². The summed E-state index contributed by atoms with van der Waals surface area (Å²) in [5.41, 5.74) is -0.542. The first-order valence-corrected chi connectivity index (χ1v) is 5.10. The van der Waals surface area contributed by atoms with Crippen LogP contribution in [0.1, 0.15) is 5.56 Å². The Bertz CT molecular complexity index is 596. The van der Waals surface area contributed by atoms with E-state index in [0.29, 0.717) is 15.8 Å². The number of benzene rings is 2. The average molecular weight is 257 g/mol. The van der Waals surface area contributed by atoms with Gasteiger partial charge in [0.25, 0.3) is 0 Å². The molecule has 17 heavy (non-hydrogen) atoms. The Kier molecular flexibility index (Phi) is 2.75. The molecule has 0 amide bonds. The number of halogens is 3. The van der Waals surface area contributed by atoms with Crippen molar-refractivity contribution < 1.29 is 18.7 Å². The van der Waals surface area contributed by atoms with Gasteiger partial charge in [0, 0.05) is 10.6 Å². The van der Waals surface area contributed by atoms with Crippen LogP contribution in [-0.4, -0.2) is 11.1 Å². The minimum absolute atomic E-state index is 0.496. The van der Waals surface area contributed by atoms with Gasteiger partial charge in [0.05, 0.1) is 0 Å². The van der Waals surface area contributed by atoms with E-state index in [-0.39, 0.29) is 0 Å². The van der Waals surface area contributed by atoms with Crippen LogP contribution in [0, 0.1) is 0 Å². The van der Waals surface area contributed by atoms with E-state index in [4.69, 9.17) is 16.7 Å². The lowest BCUT2D eigenvalue weighted by Gasteiger charge is -2.12. The van der Waals surface area contributed by atoms with Gasteiger partial charge in [0.1, 0.15) is 0 Å². The van der Waals surface area contributed by atoms with Crippen LogP contribution in [0.5, 0.6) is 0 Å². The Morgan fingerprint density at radius 3 is 2.35 bits per heavy atom. The Morgan fingerprint density at radius 2 is 1.71 bits per heavy atom. The second-order valence-corrected chi connectivity index (χ2v) is 4.02. The quantitative estimate of drug-likeness (QED) is 0.890. The molecule has 2 aromatic rings. The van der Waals surface area contributed by atoms with E-state index in [1.807, 2.05) is 0 Å². The molecule has 0 heterocycles. The molecule has 0 spiro atoms. The maximum atomic E-state index is 13.3. The van der Waals surface area contributed by atoms with Gasteiger partial charge in [0.2, 0.25) is 0 Å². The van der Waals surface area contributed by atoms with Crippen molar-refractivity contribution in [3.05, 3.63) is 47.0 Å². The summed E-state index contributed by atoms with van der Waals surface area (Å²) in [4.78, 5) is 10.4. The van der Waals surface area contributed by atoms with Gasteiger partial charge in [-0.25, -0.2) is 4.79 Å². The first kappa shape index (κ1) is 11.8. The summed E-state index contributed by atoms with van der Waals surface area (Å²) in [7, 11) is 0. The SMILES string of the molecule is O=C(O)C(F)(F)c1ccc2cc(Cl)ccc2c1. The van der Waals surface area contributed by atoms with Crippen molar-refractivity contribution in [1.82, 2.24) is 0 Å². The summed E-state index contributed by atoms with van der Waals surface area (Å²) >= 11 is 5.76. The summed E-state index contributed by atoms with van der Waals surface area (Å²) in [5, 5.41) is 10.1. The second-order valence-electron chi connectivity index (χ2n) is 3.59. The zero-order chi connectivity index (χ0) is 12.6. The predicted molar refractivity (Wildman–Crippen MR) is 60.5 cm³/mol. The fourth-order valence-corrected chi connectivity index (χ4v) is 1.72. The fraction of sp³-hybridized carbons (Fsp3) is 0.0833. The van der Waals surface area contributed by atoms with E-state index in [0.717, 1.165) is 12.1 Å². The van der Waals surface area contributed by atoms with Crippen LogP contribution in [0.25, 0.3) is 10.8 Å². The van der Waals surface area contributed by atoms with Crippen LogP contribution >= 0.6 is 11.6 Å². The fourth-order valence-electron chi connectivity index (χ4n) is 1.54. The highest BCUT2D eigenvalue weighted by molar-refractivity contribution is 6.31. The Hall–Kier alpha value is -1.68. The van der Waals surface area contributed by atoms with Crippen LogP contribution in [0.2, 0.25) is 5.02 Å². The maximum Gasteiger partial charge on any atom is 0.379 e. The zero-order valence-electron chi connectivity index (χ0n) is 8.45. The van der Waals surface area contributed by atoms with E-state index in [1.165, 1.54) is 6.07 Å². The Labute approximate surface area is 100 Å². The molecule has 0 aromatic heterocycles. The third-order valence-electron chi connectivity index (χ3n) is 2.43. The molecule has 0 saturated heterocycles. The zero-order valence-corrected chi connectivity index (χ0v) is 9.21. The van der Waals surface area contributed by atoms with E-state index in [1.54, 1.807) is 18.2 Å². The molecule has 88 valence electrons. The molecule has 0 aliphatic heterocycles. The Balaban J connectivity index is 2.59. The summed E-state index contributed by atoms with van der Waals surface area (Å²) in [6, 6.07) is 8.42. The van der Waals surface area contributed by atoms with Gasteiger partial charge in [0.15, 0.2) is 0 Å². The number of rotatable bonds is 2. The van der Waals surface area contributed by atoms with E-state index in [9.17, 15) is 13.6 Å². The monoisotopic (exact) mass is 256 g/mol. The van der Waals surface area contributed by atoms with E-state index < -0.39 is 17.5 Å². The molecule has 0 radical (unpaired) electrons. The van der Waals surface area contributed by atoms with Crippen molar-refractivity contribution >= 4 is 28.3 Å². The predicted octanol–water partition coefficient (Wildman–Crippen LogP) is 3.67. The number of alkyl halides is 2. The molecular formula is C12H7ClF2O2. The molecule has 0 aliphatic carbocycles. The highest BCUT2D eigenvalue weighted by atomic mass is 35.5. The molecule has 5 heteroatoms. The van der Waals surface area contributed by atoms with Crippen molar-refractivity contribution in [2.45, 2.75) is 5.92 Å². The summed E-state index contributed by atoms with van der Waals surface area (Å²) in [6.45, 7) is 0. The first-order valence-electron chi connectivity index (χ1n) is 4.72. The van der Waals surface area contributed by atoms with Crippen LogP contribution in [0.15, 0.2) is 36.4 Å². The minimum atomic E-state index is -3.88. The molecule has 0 bridgehead atoms. The highest BCUT2D eigenvalue weighted by Crippen LogP contribution is 2.31. The van der Waals surface area contributed by atoms with Gasteiger partial charge < -0.3 is 5.11 Å². The molecule has 0 fully saturated rings. The van der Waals surface area contributed by atoms with Crippen LogP contribution in [0.4, 0.5) is 8.78 Å². The molecular weight excluding hydrogens is 250 g/mol. The third-order valence-corrected chi connectivity index (χ3v) is 2.67. The topological polar surface area (TPSA) is 37.3 Å². The number of fused-ring (bicyclic) bond motifs is 1. The molecule has 2 nitrogen and oxygen atoms in total. The van der Waals surface area contributed by atoms with E-state index >= 15 is 0 Å². The smallest absolute Gasteiger partial charge is 0.379 e. The average Bonchev–Trinajstić information content (AvgIpc) is 2.28. The minimum Gasteiger partial charge on any atom is -0.477 e. The number of carboxylic acid groups (broad SMARTS) is 1. The molecule has 0 aliphatic rings. The van der Waals surface area contributed by atoms with Crippen molar-refractivity contribution in [2.75, 3.05) is 0 Å². The lowest BCUT2D eigenvalue weighted by atomic mass is 10.0. The third kappa shape index (κ3) is 2.08. The van der Waals surface area contributed by atoms with Crippen LogP contribution in [0.3, 0.4) is 0 Å². The van der Waals surface area contributed by atoms with Gasteiger partial charge in [-0.05, 0) is 29.0 Å². The number of aliphatic carboxylic acids is 1. The molecule has 2 rings (SSSR count).